The van der Waals surface area contributed by atoms with E-state index < -0.39 is 5.91 Å². The fourth-order valence-electron chi connectivity index (χ4n) is 3.57. The Balaban J connectivity index is 1.64. The highest BCUT2D eigenvalue weighted by atomic mass is 32.1. The summed E-state index contributed by atoms with van der Waals surface area (Å²) in [5, 5.41) is 12.1. The summed E-state index contributed by atoms with van der Waals surface area (Å²) in [6, 6.07) is 22.6. The van der Waals surface area contributed by atoms with Crippen molar-refractivity contribution >= 4 is 22.4 Å². The van der Waals surface area contributed by atoms with Crippen LogP contribution < -0.4 is 11.5 Å². The second-order valence-corrected chi connectivity index (χ2v) is 7.96. The SMILES string of the molecule is NC(=O)c1ccccc1-c1ccc(C[C@@H](c2ccc(O)cc2)c2csc(N)n2)cc1. The maximum absolute atomic E-state index is 11.7. The molecule has 0 saturated heterocycles. The van der Waals surface area contributed by atoms with Gasteiger partial charge in [0.05, 0.1) is 5.69 Å². The number of thiazole rings is 1. The van der Waals surface area contributed by atoms with Crippen LogP contribution in [0.4, 0.5) is 5.13 Å². The molecule has 0 unspecified atom stereocenters. The highest BCUT2D eigenvalue weighted by Gasteiger charge is 2.18. The second-order valence-electron chi connectivity index (χ2n) is 7.07. The summed E-state index contributed by atoms with van der Waals surface area (Å²) >= 11 is 1.42. The Kier molecular flexibility index (Phi) is 5.50. The molecule has 150 valence electrons. The van der Waals surface area contributed by atoms with E-state index in [4.69, 9.17) is 11.5 Å². The summed E-state index contributed by atoms with van der Waals surface area (Å²) in [7, 11) is 0. The van der Waals surface area contributed by atoms with Gasteiger partial charge in [-0.2, -0.15) is 0 Å². The largest absolute Gasteiger partial charge is 0.508 e. The van der Waals surface area contributed by atoms with Gasteiger partial charge in [0.25, 0.3) is 0 Å². The lowest BCUT2D eigenvalue weighted by atomic mass is 9.89. The lowest BCUT2D eigenvalue weighted by molar-refractivity contribution is 0.100. The molecule has 0 aliphatic heterocycles. The monoisotopic (exact) mass is 415 g/mol. The van der Waals surface area contributed by atoms with Crippen molar-refractivity contribution in [3.05, 3.63) is 101 Å². The number of hydrogen-bond donors (Lipinski definition) is 3. The number of primary amides is 1. The highest BCUT2D eigenvalue weighted by Crippen LogP contribution is 2.32. The third kappa shape index (κ3) is 4.18. The number of amides is 1. The third-order valence-corrected chi connectivity index (χ3v) is 5.78. The zero-order valence-electron chi connectivity index (χ0n) is 16.2. The maximum atomic E-state index is 11.7. The van der Waals surface area contributed by atoms with Crippen molar-refractivity contribution in [1.29, 1.82) is 0 Å². The smallest absolute Gasteiger partial charge is 0.249 e. The van der Waals surface area contributed by atoms with Gasteiger partial charge in [-0.25, -0.2) is 4.98 Å². The average Bonchev–Trinajstić information content (AvgIpc) is 3.19. The molecule has 1 amide bonds. The molecular formula is C24H21N3O2S. The predicted molar refractivity (Wildman–Crippen MR) is 121 cm³/mol. The number of aromatic hydroxyl groups is 1. The van der Waals surface area contributed by atoms with Gasteiger partial charge in [0.15, 0.2) is 5.13 Å². The summed E-state index contributed by atoms with van der Waals surface area (Å²) in [5.41, 5.74) is 16.7. The molecule has 0 radical (unpaired) electrons. The Labute approximate surface area is 178 Å². The normalized spacial score (nSPS) is 11.9. The molecule has 4 aromatic rings. The van der Waals surface area contributed by atoms with E-state index in [0.29, 0.717) is 10.7 Å². The van der Waals surface area contributed by atoms with Crippen LogP contribution in [0.5, 0.6) is 5.75 Å². The first kappa shape index (κ1) is 19.7. The average molecular weight is 416 g/mol. The van der Waals surface area contributed by atoms with Crippen LogP contribution in [0.15, 0.2) is 78.2 Å². The van der Waals surface area contributed by atoms with Crippen LogP contribution in [0.2, 0.25) is 0 Å². The van der Waals surface area contributed by atoms with E-state index in [2.05, 4.69) is 17.1 Å². The van der Waals surface area contributed by atoms with Crippen molar-refractivity contribution in [1.82, 2.24) is 4.98 Å². The molecule has 0 saturated carbocycles. The van der Waals surface area contributed by atoms with Crippen molar-refractivity contribution in [3.8, 4) is 16.9 Å². The summed E-state index contributed by atoms with van der Waals surface area (Å²) in [4.78, 5) is 16.2. The lowest BCUT2D eigenvalue weighted by Crippen LogP contribution is -2.12. The van der Waals surface area contributed by atoms with Crippen molar-refractivity contribution in [3.63, 3.8) is 0 Å². The van der Waals surface area contributed by atoms with Gasteiger partial charge in [0.1, 0.15) is 5.75 Å². The predicted octanol–water partition coefficient (Wildman–Crippen LogP) is 4.57. The second kappa shape index (κ2) is 8.39. The van der Waals surface area contributed by atoms with Gasteiger partial charge in [-0.15, -0.1) is 11.3 Å². The number of rotatable bonds is 6. The van der Waals surface area contributed by atoms with E-state index in [1.165, 1.54) is 11.3 Å². The number of nitrogen functional groups attached to an aromatic ring is 1. The third-order valence-electron chi connectivity index (χ3n) is 5.09. The Morgan fingerprint density at radius 1 is 1.00 bits per heavy atom. The van der Waals surface area contributed by atoms with Crippen LogP contribution in [0, 0.1) is 0 Å². The molecule has 0 aliphatic rings. The number of nitrogens with two attached hydrogens (primary N) is 2. The number of aromatic nitrogens is 1. The molecule has 0 aliphatic carbocycles. The van der Waals surface area contributed by atoms with Crippen LogP contribution in [0.1, 0.15) is 33.1 Å². The minimum Gasteiger partial charge on any atom is -0.508 e. The van der Waals surface area contributed by atoms with Gasteiger partial charge in [-0.05, 0) is 46.9 Å². The van der Waals surface area contributed by atoms with E-state index in [0.717, 1.165) is 34.4 Å². The Bertz CT molecular complexity index is 1170. The molecule has 6 heteroatoms. The fourth-order valence-corrected chi connectivity index (χ4v) is 4.18. The first-order chi connectivity index (χ1) is 14.5. The molecule has 0 spiro atoms. The van der Waals surface area contributed by atoms with Crippen molar-refractivity contribution in [2.45, 2.75) is 12.3 Å². The molecule has 5 nitrogen and oxygen atoms in total. The van der Waals surface area contributed by atoms with Crippen LogP contribution >= 0.6 is 11.3 Å². The molecule has 0 fully saturated rings. The van der Waals surface area contributed by atoms with Gasteiger partial charge >= 0.3 is 0 Å². The van der Waals surface area contributed by atoms with Crippen molar-refractivity contribution < 1.29 is 9.90 Å². The van der Waals surface area contributed by atoms with E-state index in [9.17, 15) is 9.90 Å². The lowest BCUT2D eigenvalue weighted by Gasteiger charge is -2.16. The van der Waals surface area contributed by atoms with E-state index in [-0.39, 0.29) is 11.7 Å². The summed E-state index contributed by atoms with van der Waals surface area (Å²) in [6.07, 6.45) is 0.728. The summed E-state index contributed by atoms with van der Waals surface area (Å²) < 4.78 is 0. The number of carbonyl (C=O) groups excluding carboxylic acids is 1. The summed E-state index contributed by atoms with van der Waals surface area (Å²) in [6.45, 7) is 0. The van der Waals surface area contributed by atoms with Crippen LogP contribution in [0.3, 0.4) is 0 Å². The standard InChI is InChI=1S/C24H21N3O2S/c25-23(29)20-4-2-1-3-19(20)16-7-5-15(6-8-16)13-21(22-14-30-24(26)27-22)17-9-11-18(28)12-10-17/h1-12,14,21,28H,13H2,(H2,25,29)(H2,26,27)/t21-/m0/s1. The number of anilines is 1. The number of phenolic OH excluding ortho intramolecular Hbond substituents is 1. The van der Waals surface area contributed by atoms with Gasteiger partial charge in [-0.3, -0.25) is 4.79 Å². The van der Waals surface area contributed by atoms with Crippen LogP contribution in [-0.2, 0) is 6.42 Å². The molecule has 1 atom stereocenters. The topological polar surface area (TPSA) is 102 Å². The van der Waals surface area contributed by atoms with Crippen molar-refractivity contribution in [2.75, 3.05) is 5.73 Å². The molecule has 5 N–H and O–H groups in total. The molecular weight excluding hydrogens is 394 g/mol. The Morgan fingerprint density at radius 2 is 1.70 bits per heavy atom. The quantitative estimate of drug-likeness (QED) is 0.429. The number of benzene rings is 3. The van der Waals surface area contributed by atoms with Crippen molar-refractivity contribution in [2.24, 2.45) is 5.73 Å². The molecule has 1 heterocycles. The van der Waals surface area contributed by atoms with Gasteiger partial charge in [0, 0.05) is 16.9 Å². The maximum Gasteiger partial charge on any atom is 0.249 e. The fraction of sp³-hybridized carbons (Fsp3) is 0.0833. The minimum absolute atomic E-state index is 0.0166. The zero-order chi connectivity index (χ0) is 21.1. The first-order valence-electron chi connectivity index (χ1n) is 9.49. The molecule has 4 rings (SSSR count). The molecule has 30 heavy (non-hydrogen) atoms. The first-order valence-corrected chi connectivity index (χ1v) is 10.4. The van der Waals surface area contributed by atoms with Crippen LogP contribution in [-0.4, -0.2) is 16.0 Å². The van der Waals surface area contributed by atoms with E-state index in [1.54, 1.807) is 24.3 Å². The van der Waals surface area contributed by atoms with E-state index in [1.807, 2.05) is 41.8 Å². The van der Waals surface area contributed by atoms with Crippen LogP contribution in [0.25, 0.3) is 11.1 Å². The highest BCUT2D eigenvalue weighted by molar-refractivity contribution is 7.13. The number of carbonyl (C=O) groups is 1. The molecule has 3 aromatic carbocycles. The number of phenols is 1. The Hall–Kier alpha value is -3.64. The summed E-state index contributed by atoms with van der Waals surface area (Å²) in [5.74, 6) is -0.196. The Morgan fingerprint density at radius 3 is 2.33 bits per heavy atom. The van der Waals surface area contributed by atoms with Gasteiger partial charge in [0.2, 0.25) is 5.91 Å². The van der Waals surface area contributed by atoms with Gasteiger partial charge < -0.3 is 16.6 Å². The molecule has 0 bridgehead atoms. The number of hydrogen-bond acceptors (Lipinski definition) is 5. The van der Waals surface area contributed by atoms with Gasteiger partial charge in [-0.1, -0.05) is 54.6 Å². The van der Waals surface area contributed by atoms with E-state index >= 15 is 0 Å². The number of nitrogens with zero attached hydrogens (tertiary/aromatic N) is 1. The zero-order valence-corrected chi connectivity index (χ0v) is 17.0. The molecule has 1 aromatic heterocycles. The minimum atomic E-state index is -0.441.